The molecule has 0 atom stereocenters. The van der Waals surface area contributed by atoms with Crippen LogP contribution in [0.4, 0.5) is 5.82 Å². The van der Waals surface area contributed by atoms with E-state index in [1.54, 1.807) is 25.1 Å². The van der Waals surface area contributed by atoms with Gasteiger partial charge in [-0.2, -0.15) is 20.7 Å². The maximum Gasteiger partial charge on any atom is 0.243 e. The first-order chi connectivity index (χ1) is 12.9. The zero-order valence-electron chi connectivity index (χ0n) is 14.6. The van der Waals surface area contributed by atoms with Crippen LogP contribution in [0.5, 0.6) is 0 Å². The first-order valence-electron chi connectivity index (χ1n) is 8.38. The molecule has 0 aliphatic carbocycles. The van der Waals surface area contributed by atoms with E-state index in [0.717, 1.165) is 5.56 Å². The van der Waals surface area contributed by atoms with Crippen LogP contribution in [0.15, 0.2) is 46.0 Å². The van der Waals surface area contributed by atoms with Crippen molar-refractivity contribution in [2.24, 2.45) is 0 Å². The Kier molecular flexibility index (Phi) is 4.58. The number of nitrogens with one attached hydrogen (secondary N) is 2. The van der Waals surface area contributed by atoms with Crippen molar-refractivity contribution < 1.29 is 13.2 Å². The van der Waals surface area contributed by atoms with Crippen LogP contribution in [0.2, 0.25) is 0 Å². The predicted molar refractivity (Wildman–Crippen MR) is 103 cm³/mol. The highest BCUT2D eigenvalue weighted by atomic mass is 32.2. The SMILES string of the molecule is Cc1ccccc1S(=O)(=O)N1Cc2[nH]nc(NC(=O)Cc3ccsc3)c2C1. The summed E-state index contributed by atoms with van der Waals surface area (Å²) in [5.74, 6) is 0.218. The fourth-order valence-corrected chi connectivity index (χ4v) is 5.39. The number of H-pyrrole nitrogens is 1. The van der Waals surface area contributed by atoms with Gasteiger partial charge in [0.05, 0.1) is 23.6 Å². The fraction of sp³-hybridized carbons (Fsp3) is 0.222. The van der Waals surface area contributed by atoms with E-state index < -0.39 is 10.0 Å². The van der Waals surface area contributed by atoms with Crippen LogP contribution >= 0.6 is 11.3 Å². The molecule has 0 spiro atoms. The first kappa shape index (κ1) is 17.9. The van der Waals surface area contributed by atoms with Crippen molar-refractivity contribution in [3.63, 3.8) is 0 Å². The third-order valence-electron chi connectivity index (χ3n) is 4.54. The zero-order valence-corrected chi connectivity index (χ0v) is 16.2. The summed E-state index contributed by atoms with van der Waals surface area (Å²) in [5.41, 5.74) is 3.06. The number of fused-ring (bicyclic) bond motifs is 1. The van der Waals surface area contributed by atoms with E-state index in [1.165, 1.54) is 15.6 Å². The van der Waals surface area contributed by atoms with Gasteiger partial charge in [-0.1, -0.05) is 18.2 Å². The van der Waals surface area contributed by atoms with Gasteiger partial charge in [-0.15, -0.1) is 0 Å². The van der Waals surface area contributed by atoms with Crippen LogP contribution in [0.25, 0.3) is 0 Å². The normalized spacial score (nSPS) is 14.3. The van der Waals surface area contributed by atoms with E-state index in [0.29, 0.717) is 27.5 Å². The number of aromatic nitrogens is 2. The van der Waals surface area contributed by atoms with E-state index in [9.17, 15) is 13.2 Å². The standard InChI is InChI=1S/C18H18N4O3S2/c1-12-4-2-3-5-16(12)27(24,25)22-9-14-15(10-22)20-21-18(14)19-17(23)8-13-6-7-26-11-13/h2-7,11H,8-10H2,1H3,(H2,19,20,21,23). The minimum absolute atomic E-state index is 0.177. The third-order valence-corrected chi connectivity index (χ3v) is 7.22. The zero-order chi connectivity index (χ0) is 19.0. The minimum atomic E-state index is -3.62. The van der Waals surface area contributed by atoms with Gasteiger partial charge in [0.25, 0.3) is 0 Å². The maximum atomic E-state index is 13.0. The molecule has 27 heavy (non-hydrogen) atoms. The summed E-state index contributed by atoms with van der Waals surface area (Å²) >= 11 is 1.54. The summed E-state index contributed by atoms with van der Waals surface area (Å²) in [4.78, 5) is 12.5. The number of aromatic amines is 1. The molecular weight excluding hydrogens is 384 g/mol. The van der Waals surface area contributed by atoms with E-state index in [2.05, 4.69) is 15.5 Å². The molecule has 2 N–H and O–H groups in total. The quantitative estimate of drug-likeness (QED) is 0.686. The second kappa shape index (κ2) is 6.91. The molecule has 1 aliphatic heterocycles. The Balaban J connectivity index is 1.51. The second-order valence-corrected chi connectivity index (χ2v) is 9.11. The highest BCUT2D eigenvalue weighted by molar-refractivity contribution is 7.89. The van der Waals surface area contributed by atoms with Crippen molar-refractivity contribution in [3.05, 3.63) is 63.5 Å². The van der Waals surface area contributed by atoms with Crippen LogP contribution < -0.4 is 5.32 Å². The lowest BCUT2D eigenvalue weighted by Gasteiger charge is -2.17. The van der Waals surface area contributed by atoms with Gasteiger partial charge < -0.3 is 5.32 Å². The average Bonchev–Trinajstić information content (AvgIpc) is 3.34. The monoisotopic (exact) mass is 402 g/mol. The molecular formula is C18H18N4O3S2. The number of anilines is 1. The molecule has 9 heteroatoms. The van der Waals surface area contributed by atoms with E-state index in [4.69, 9.17) is 0 Å². The van der Waals surface area contributed by atoms with Gasteiger partial charge in [0.15, 0.2) is 5.82 Å². The maximum absolute atomic E-state index is 13.0. The molecule has 0 radical (unpaired) electrons. The highest BCUT2D eigenvalue weighted by Gasteiger charge is 2.34. The Hall–Kier alpha value is -2.49. The second-order valence-electron chi connectivity index (χ2n) is 6.42. The number of aryl methyl sites for hydroxylation is 1. The van der Waals surface area contributed by atoms with Crippen LogP contribution in [0.1, 0.15) is 22.4 Å². The van der Waals surface area contributed by atoms with E-state index in [1.807, 2.05) is 22.9 Å². The molecule has 140 valence electrons. The van der Waals surface area contributed by atoms with E-state index >= 15 is 0 Å². The van der Waals surface area contributed by atoms with Crippen molar-refractivity contribution in [2.75, 3.05) is 5.32 Å². The number of thiophene rings is 1. The number of carbonyl (C=O) groups is 1. The summed E-state index contributed by atoms with van der Waals surface area (Å²) in [5, 5.41) is 13.6. The van der Waals surface area contributed by atoms with Gasteiger partial charge in [-0.3, -0.25) is 9.89 Å². The molecule has 2 aromatic heterocycles. The summed E-state index contributed by atoms with van der Waals surface area (Å²) < 4.78 is 27.3. The number of sulfonamides is 1. The molecule has 3 heterocycles. The minimum Gasteiger partial charge on any atom is -0.309 e. The largest absolute Gasteiger partial charge is 0.309 e. The number of nitrogens with zero attached hydrogens (tertiary/aromatic N) is 2. The van der Waals surface area contributed by atoms with Gasteiger partial charge in [0.1, 0.15) is 0 Å². The molecule has 1 amide bonds. The van der Waals surface area contributed by atoms with Gasteiger partial charge >= 0.3 is 0 Å². The Bertz CT molecular complexity index is 1090. The van der Waals surface area contributed by atoms with Crippen molar-refractivity contribution in [2.45, 2.75) is 31.3 Å². The first-order valence-corrected chi connectivity index (χ1v) is 10.8. The summed E-state index contributed by atoms with van der Waals surface area (Å²) in [6, 6.07) is 8.81. The van der Waals surface area contributed by atoms with Crippen molar-refractivity contribution in [1.29, 1.82) is 0 Å². The Morgan fingerprint density at radius 3 is 2.85 bits per heavy atom. The van der Waals surface area contributed by atoms with Crippen LogP contribution in [0, 0.1) is 6.92 Å². The number of carbonyl (C=O) groups excluding carboxylic acids is 1. The van der Waals surface area contributed by atoms with Gasteiger partial charge in [-0.05, 0) is 40.9 Å². The molecule has 0 fully saturated rings. The number of rotatable bonds is 5. The summed E-state index contributed by atoms with van der Waals surface area (Å²) in [6.07, 6.45) is 0.260. The highest BCUT2D eigenvalue weighted by Crippen LogP contribution is 2.32. The number of benzene rings is 1. The van der Waals surface area contributed by atoms with E-state index in [-0.39, 0.29) is 25.4 Å². The van der Waals surface area contributed by atoms with Gasteiger partial charge in [-0.25, -0.2) is 8.42 Å². The summed E-state index contributed by atoms with van der Waals surface area (Å²) in [6.45, 7) is 2.16. The van der Waals surface area contributed by atoms with Crippen molar-refractivity contribution >= 4 is 33.1 Å². The average molecular weight is 403 g/mol. The van der Waals surface area contributed by atoms with Gasteiger partial charge in [0.2, 0.25) is 15.9 Å². The predicted octanol–water partition coefficient (Wildman–Crippen LogP) is 2.67. The molecule has 4 rings (SSSR count). The van der Waals surface area contributed by atoms with Crippen LogP contribution in [-0.4, -0.2) is 28.8 Å². The molecule has 1 aromatic carbocycles. The molecule has 3 aromatic rings. The number of amides is 1. The fourth-order valence-electron chi connectivity index (χ4n) is 3.12. The van der Waals surface area contributed by atoms with Crippen molar-refractivity contribution in [3.8, 4) is 0 Å². The lowest BCUT2D eigenvalue weighted by molar-refractivity contribution is -0.115. The smallest absolute Gasteiger partial charge is 0.243 e. The Morgan fingerprint density at radius 1 is 1.30 bits per heavy atom. The number of hydrogen-bond donors (Lipinski definition) is 2. The van der Waals surface area contributed by atoms with Gasteiger partial charge in [0, 0.05) is 12.1 Å². The number of hydrogen-bond acceptors (Lipinski definition) is 5. The third kappa shape index (κ3) is 3.41. The molecule has 0 saturated carbocycles. The van der Waals surface area contributed by atoms with Crippen molar-refractivity contribution in [1.82, 2.24) is 14.5 Å². The Morgan fingerprint density at radius 2 is 2.11 bits per heavy atom. The summed E-state index contributed by atoms with van der Waals surface area (Å²) in [7, 11) is -3.62. The molecule has 0 unspecified atom stereocenters. The molecule has 0 saturated heterocycles. The van der Waals surface area contributed by atoms with Crippen LogP contribution in [0.3, 0.4) is 0 Å². The molecule has 7 nitrogen and oxygen atoms in total. The lowest BCUT2D eigenvalue weighted by Crippen LogP contribution is -2.27. The Labute approximate surface area is 161 Å². The van der Waals surface area contributed by atoms with Crippen LogP contribution in [-0.2, 0) is 34.3 Å². The molecule has 1 aliphatic rings. The molecule has 0 bridgehead atoms. The topological polar surface area (TPSA) is 95.2 Å². The lowest BCUT2D eigenvalue weighted by atomic mass is 10.2.